The number of likely N-dealkylation sites (N-methyl/N-ethyl adjacent to an activating group) is 1. The van der Waals surface area contributed by atoms with Gasteiger partial charge in [0, 0.05) is 26.1 Å². The second-order valence-corrected chi connectivity index (χ2v) is 3.37. The highest BCUT2D eigenvalue weighted by molar-refractivity contribution is 5.12. The zero-order chi connectivity index (χ0) is 6.48. The third kappa shape index (κ3) is 0.634. The molecule has 1 aliphatic carbocycles. The van der Waals surface area contributed by atoms with Gasteiger partial charge >= 0.3 is 0 Å². The fourth-order valence-electron chi connectivity index (χ4n) is 1.99. The average Bonchev–Trinajstić information content (AvgIpc) is 2.38. The minimum absolute atomic E-state index is 0.300. The van der Waals surface area contributed by atoms with Crippen molar-refractivity contribution in [1.29, 1.82) is 0 Å². The van der Waals surface area contributed by atoms with Gasteiger partial charge < -0.3 is 9.64 Å². The predicted octanol–water partition coefficient (Wildman–Crippen LogP) is 0.337. The Labute approximate surface area is 55.8 Å². The Balaban J connectivity index is 2.05. The van der Waals surface area contributed by atoms with Crippen molar-refractivity contribution in [3.63, 3.8) is 0 Å². The zero-order valence-corrected chi connectivity index (χ0v) is 6.05. The van der Waals surface area contributed by atoms with E-state index in [0.717, 1.165) is 12.5 Å². The number of rotatable bonds is 1. The number of ether oxygens (including phenoxy) is 1. The highest BCUT2D eigenvalue weighted by atomic mass is 16.5. The molecule has 9 heavy (non-hydrogen) atoms. The number of hydrogen-bond acceptors (Lipinski definition) is 2. The lowest BCUT2D eigenvalue weighted by molar-refractivity contribution is 0.0717. The topological polar surface area (TPSA) is 12.5 Å². The summed E-state index contributed by atoms with van der Waals surface area (Å²) in [5.41, 5.74) is 0.300. The summed E-state index contributed by atoms with van der Waals surface area (Å²) in [7, 11) is 3.99. The maximum Gasteiger partial charge on any atom is 0.0850 e. The van der Waals surface area contributed by atoms with Crippen LogP contribution in [-0.4, -0.2) is 37.7 Å². The summed E-state index contributed by atoms with van der Waals surface area (Å²) >= 11 is 0. The molecule has 2 rings (SSSR count). The van der Waals surface area contributed by atoms with Gasteiger partial charge in [0.25, 0.3) is 0 Å². The molecular weight excluding hydrogens is 114 g/mol. The van der Waals surface area contributed by atoms with E-state index < -0.39 is 0 Å². The lowest BCUT2D eigenvalue weighted by Gasteiger charge is -2.13. The average molecular weight is 127 g/mol. The minimum atomic E-state index is 0.300. The SMILES string of the molecule is COC12C[C@@H]1CN(C)C2. The van der Waals surface area contributed by atoms with E-state index in [-0.39, 0.29) is 0 Å². The summed E-state index contributed by atoms with van der Waals surface area (Å²) in [6.07, 6.45) is 1.30. The molecule has 2 heteroatoms. The molecule has 1 heterocycles. The van der Waals surface area contributed by atoms with Crippen LogP contribution in [0.2, 0.25) is 0 Å². The van der Waals surface area contributed by atoms with Crippen molar-refractivity contribution in [3.05, 3.63) is 0 Å². The van der Waals surface area contributed by atoms with Crippen LogP contribution in [-0.2, 0) is 4.74 Å². The number of methoxy groups -OCH3 is 1. The maximum atomic E-state index is 5.40. The Kier molecular flexibility index (Phi) is 0.945. The van der Waals surface area contributed by atoms with E-state index in [9.17, 15) is 0 Å². The van der Waals surface area contributed by atoms with Gasteiger partial charge in [0.2, 0.25) is 0 Å². The molecular formula is C7H13NO. The van der Waals surface area contributed by atoms with Crippen molar-refractivity contribution < 1.29 is 4.74 Å². The molecule has 0 aromatic rings. The normalized spacial score (nSPS) is 49.3. The molecule has 0 radical (unpaired) electrons. The van der Waals surface area contributed by atoms with E-state index in [2.05, 4.69) is 11.9 Å². The molecule has 1 aliphatic heterocycles. The van der Waals surface area contributed by atoms with E-state index in [1.807, 2.05) is 7.11 Å². The quantitative estimate of drug-likeness (QED) is 0.503. The summed E-state index contributed by atoms with van der Waals surface area (Å²) < 4.78 is 5.40. The number of piperidine rings is 1. The molecule has 2 aliphatic rings. The van der Waals surface area contributed by atoms with Crippen LogP contribution in [0.25, 0.3) is 0 Å². The van der Waals surface area contributed by atoms with Crippen LogP contribution in [0.4, 0.5) is 0 Å². The van der Waals surface area contributed by atoms with E-state index in [1.165, 1.54) is 13.0 Å². The first kappa shape index (κ1) is 5.69. The summed E-state index contributed by atoms with van der Waals surface area (Å²) in [5.74, 6) is 0.854. The molecule has 0 aromatic heterocycles. The highest BCUT2D eigenvalue weighted by Crippen LogP contribution is 2.51. The Hall–Kier alpha value is -0.0800. The first-order valence-electron chi connectivity index (χ1n) is 3.50. The van der Waals surface area contributed by atoms with E-state index >= 15 is 0 Å². The van der Waals surface area contributed by atoms with Crippen LogP contribution in [0.1, 0.15) is 6.42 Å². The van der Waals surface area contributed by atoms with Crippen molar-refractivity contribution in [2.75, 3.05) is 27.2 Å². The van der Waals surface area contributed by atoms with Crippen LogP contribution in [0, 0.1) is 5.92 Å². The molecule has 1 saturated heterocycles. The molecule has 1 unspecified atom stereocenters. The van der Waals surface area contributed by atoms with Gasteiger partial charge in [0.1, 0.15) is 0 Å². The Morgan fingerprint density at radius 2 is 2.44 bits per heavy atom. The number of hydrogen-bond donors (Lipinski definition) is 0. The van der Waals surface area contributed by atoms with Gasteiger partial charge in [0.05, 0.1) is 5.60 Å². The molecule has 2 atom stereocenters. The van der Waals surface area contributed by atoms with Gasteiger partial charge in [-0.1, -0.05) is 0 Å². The molecule has 0 spiro atoms. The minimum Gasteiger partial charge on any atom is -0.377 e. The third-order valence-corrected chi connectivity index (χ3v) is 2.65. The van der Waals surface area contributed by atoms with Crippen LogP contribution >= 0.6 is 0 Å². The summed E-state index contributed by atoms with van der Waals surface area (Å²) in [5, 5.41) is 0. The van der Waals surface area contributed by atoms with Crippen molar-refractivity contribution in [1.82, 2.24) is 4.90 Å². The third-order valence-electron chi connectivity index (χ3n) is 2.65. The van der Waals surface area contributed by atoms with Crippen LogP contribution in [0.15, 0.2) is 0 Å². The Bertz CT molecular complexity index is 133. The van der Waals surface area contributed by atoms with Crippen molar-refractivity contribution >= 4 is 0 Å². The molecule has 0 aromatic carbocycles. The van der Waals surface area contributed by atoms with Gasteiger partial charge in [-0.15, -0.1) is 0 Å². The molecule has 2 nitrogen and oxygen atoms in total. The zero-order valence-electron chi connectivity index (χ0n) is 6.05. The van der Waals surface area contributed by atoms with Crippen molar-refractivity contribution in [3.8, 4) is 0 Å². The molecule has 0 amide bonds. The van der Waals surface area contributed by atoms with Crippen LogP contribution in [0.5, 0.6) is 0 Å². The molecule has 0 N–H and O–H groups in total. The van der Waals surface area contributed by atoms with E-state index in [4.69, 9.17) is 4.74 Å². The van der Waals surface area contributed by atoms with Gasteiger partial charge in [-0.3, -0.25) is 0 Å². The number of nitrogens with zero attached hydrogens (tertiary/aromatic N) is 1. The summed E-state index contributed by atoms with van der Waals surface area (Å²) in [6.45, 7) is 2.39. The van der Waals surface area contributed by atoms with Gasteiger partial charge in [-0.2, -0.15) is 0 Å². The monoisotopic (exact) mass is 127 g/mol. The fourth-order valence-corrected chi connectivity index (χ4v) is 1.99. The predicted molar refractivity (Wildman–Crippen MR) is 35.3 cm³/mol. The maximum absolute atomic E-state index is 5.40. The van der Waals surface area contributed by atoms with Crippen LogP contribution in [0.3, 0.4) is 0 Å². The molecule has 52 valence electrons. The second kappa shape index (κ2) is 1.50. The first-order valence-corrected chi connectivity index (χ1v) is 3.50. The van der Waals surface area contributed by atoms with Crippen molar-refractivity contribution in [2.45, 2.75) is 12.0 Å². The van der Waals surface area contributed by atoms with E-state index in [1.54, 1.807) is 0 Å². The molecule has 2 fully saturated rings. The first-order chi connectivity index (χ1) is 4.27. The van der Waals surface area contributed by atoms with Gasteiger partial charge in [-0.05, 0) is 13.5 Å². The summed E-state index contributed by atoms with van der Waals surface area (Å²) in [6, 6.07) is 0. The number of likely N-dealkylation sites (tertiary alicyclic amines) is 1. The lowest BCUT2D eigenvalue weighted by atomic mass is 10.3. The van der Waals surface area contributed by atoms with Crippen LogP contribution < -0.4 is 0 Å². The Morgan fingerprint density at radius 3 is 2.78 bits per heavy atom. The Morgan fingerprint density at radius 1 is 1.67 bits per heavy atom. The number of fused-ring (bicyclic) bond motifs is 1. The smallest absolute Gasteiger partial charge is 0.0850 e. The molecule has 0 bridgehead atoms. The standard InChI is InChI=1S/C7H13NO/c1-8-4-6-3-7(6,5-8)9-2/h6H,3-5H2,1-2H3/t6-,7?/m1/s1. The second-order valence-electron chi connectivity index (χ2n) is 3.37. The van der Waals surface area contributed by atoms with Gasteiger partial charge in [0.15, 0.2) is 0 Å². The summed E-state index contributed by atoms with van der Waals surface area (Å²) in [4.78, 5) is 2.34. The molecule has 1 saturated carbocycles. The largest absolute Gasteiger partial charge is 0.377 e. The van der Waals surface area contributed by atoms with E-state index in [0.29, 0.717) is 5.60 Å². The highest BCUT2D eigenvalue weighted by Gasteiger charge is 2.59. The lowest BCUT2D eigenvalue weighted by Crippen LogP contribution is -2.24. The van der Waals surface area contributed by atoms with Crippen molar-refractivity contribution in [2.24, 2.45) is 5.92 Å². The van der Waals surface area contributed by atoms with Gasteiger partial charge in [-0.25, -0.2) is 0 Å². The fraction of sp³-hybridized carbons (Fsp3) is 1.00.